The number of rotatable bonds is 7. The molecule has 0 spiro atoms. The fourth-order valence-electron chi connectivity index (χ4n) is 2.13. The Kier molecular flexibility index (Phi) is 6.62. The summed E-state index contributed by atoms with van der Waals surface area (Å²) in [4.78, 5) is 14.2. The van der Waals surface area contributed by atoms with Gasteiger partial charge < -0.3 is 16.0 Å². The van der Waals surface area contributed by atoms with Gasteiger partial charge in [0.2, 0.25) is 5.91 Å². The van der Waals surface area contributed by atoms with Gasteiger partial charge >= 0.3 is 0 Å². The van der Waals surface area contributed by atoms with Crippen LogP contribution in [-0.4, -0.2) is 29.9 Å². The summed E-state index contributed by atoms with van der Waals surface area (Å²) in [6, 6.07) is 4.53. The lowest BCUT2D eigenvalue weighted by molar-refractivity contribution is -0.116. The fourth-order valence-corrected chi connectivity index (χ4v) is 2.13. The number of anilines is 2. The Morgan fingerprint density at radius 1 is 1.33 bits per heavy atom. The maximum Gasteiger partial charge on any atom is 0.225 e. The lowest BCUT2D eigenvalue weighted by Crippen LogP contribution is -2.36. The molecule has 21 heavy (non-hydrogen) atoms. The van der Waals surface area contributed by atoms with Crippen molar-refractivity contribution in [2.75, 3.05) is 24.1 Å². The fraction of sp³-hybridized carbons (Fsp3) is 0.562. The molecule has 0 saturated carbocycles. The quantitative estimate of drug-likeness (QED) is 0.760. The minimum Gasteiger partial charge on any atom is -0.399 e. The number of hydrogen-bond acceptors (Lipinski definition) is 3. The van der Waals surface area contributed by atoms with Crippen LogP contribution in [0.25, 0.3) is 0 Å². The lowest BCUT2D eigenvalue weighted by atomic mass is 10.1. The van der Waals surface area contributed by atoms with Crippen LogP contribution in [-0.2, 0) is 4.79 Å². The van der Waals surface area contributed by atoms with E-state index >= 15 is 0 Å². The molecule has 1 aromatic carbocycles. The van der Waals surface area contributed by atoms with Gasteiger partial charge in [-0.05, 0) is 38.0 Å². The number of carbonyl (C=O) groups excluding carboxylic acids is 1. The van der Waals surface area contributed by atoms with Crippen molar-refractivity contribution in [2.24, 2.45) is 5.92 Å². The van der Waals surface area contributed by atoms with E-state index in [1.807, 2.05) is 0 Å². The average Bonchev–Trinajstić information content (AvgIpc) is 2.38. The third-order valence-electron chi connectivity index (χ3n) is 3.22. The monoisotopic (exact) mass is 295 g/mol. The molecule has 0 aromatic heterocycles. The summed E-state index contributed by atoms with van der Waals surface area (Å²) in [6.45, 7) is 10.1. The molecule has 0 bridgehead atoms. The van der Waals surface area contributed by atoms with Gasteiger partial charge in [0.1, 0.15) is 5.82 Å². The molecule has 5 heteroatoms. The molecule has 0 unspecified atom stereocenters. The van der Waals surface area contributed by atoms with Gasteiger partial charge in [0.05, 0.1) is 5.69 Å². The Balaban J connectivity index is 2.55. The van der Waals surface area contributed by atoms with Gasteiger partial charge in [-0.25, -0.2) is 4.39 Å². The topological polar surface area (TPSA) is 58.4 Å². The van der Waals surface area contributed by atoms with Crippen LogP contribution in [0.1, 0.15) is 34.1 Å². The molecule has 0 aliphatic rings. The zero-order valence-corrected chi connectivity index (χ0v) is 13.3. The molecule has 3 N–H and O–H groups in total. The van der Waals surface area contributed by atoms with Crippen LogP contribution < -0.4 is 11.1 Å². The molecule has 0 atom stereocenters. The van der Waals surface area contributed by atoms with Crippen LogP contribution in [0.2, 0.25) is 0 Å². The van der Waals surface area contributed by atoms with Crippen LogP contribution >= 0.6 is 0 Å². The van der Waals surface area contributed by atoms with Crippen LogP contribution in [0.15, 0.2) is 18.2 Å². The minimum atomic E-state index is -0.472. The number of halogens is 1. The van der Waals surface area contributed by atoms with Crippen molar-refractivity contribution in [3.63, 3.8) is 0 Å². The largest absolute Gasteiger partial charge is 0.399 e. The highest BCUT2D eigenvalue weighted by molar-refractivity contribution is 5.91. The third kappa shape index (κ3) is 6.12. The maximum absolute atomic E-state index is 13.5. The van der Waals surface area contributed by atoms with E-state index in [0.29, 0.717) is 30.6 Å². The molecule has 0 saturated heterocycles. The number of amides is 1. The molecule has 1 aromatic rings. The van der Waals surface area contributed by atoms with Crippen molar-refractivity contribution in [3.05, 3.63) is 24.0 Å². The summed E-state index contributed by atoms with van der Waals surface area (Å²) < 4.78 is 13.5. The predicted molar refractivity (Wildman–Crippen MR) is 85.6 cm³/mol. The Labute approximate surface area is 126 Å². The third-order valence-corrected chi connectivity index (χ3v) is 3.22. The molecule has 0 fully saturated rings. The van der Waals surface area contributed by atoms with E-state index in [9.17, 15) is 9.18 Å². The summed E-state index contributed by atoms with van der Waals surface area (Å²) in [5.41, 5.74) is 6.16. The van der Waals surface area contributed by atoms with Crippen molar-refractivity contribution < 1.29 is 9.18 Å². The van der Waals surface area contributed by atoms with Crippen LogP contribution in [0, 0.1) is 11.7 Å². The Bertz CT molecular complexity index is 475. The van der Waals surface area contributed by atoms with Crippen molar-refractivity contribution in [2.45, 2.75) is 40.2 Å². The van der Waals surface area contributed by atoms with Gasteiger partial charge in [0.25, 0.3) is 0 Å². The second kappa shape index (κ2) is 7.98. The lowest BCUT2D eigenvalue weighted by Gasteiger charge is -2.27. The Morgan fingerprint density at radius 2 is 2.00 bits per heavy atom. The molecule has 0 aliphatic carbocycles. The van der Waals surface area contributed by atoms with E-state index in [0.717, 1.165) is 6.54 Å². The van der Waals surface area contributed by atoms with Gasteiger partial charge in [-0.3, -0.25) is 4.79 Å². The SMILES string of the molecule is CC(C)CN(CCC(=O)Nc1cc(N)ccc1F)C(C)C. The first-order chi connectivity index (χ1) is 9.79. The first-order valence-electron chi connectivity index (χ1n) is 7.38. The van der Waals surface area contributed by atoms with Crippen molar-refractivity contribution in [1.29, 1.82) is 0 Å². The number of nitrogen functional groups attached to an aromatic ring is 1. The van der Waals surface area contributed by atoms with Crippen molar-refractivity contribution in [3.8, 4) is 0 Å². The minimum absolute atomic E-state index is 0.139. The van der Waals surface area contributed by atoms with E-state index in [2.05, 4.69) is 37.9 Å². The second-order valence-electron chi connectivity index (χ2n) is 6.02. The first kappa shape index (κ1) is 17.4. The number of nitrogens with zero attached hydrogens (tertiary/aromatic N) is 1. The first-order valence-corrected chi connectivity index (χ1v) is 7.38. The average molecular weight is 295 g/mol. The van der Waals surface area contributed by atoms with Gasteiger partial charge in [0.15, 0.2) is 0 Å². The van der Waals surface area contributed by atoms with Gasteiger partial charge in [0, 0.05) is 31.2 Å². The van der Waals surface area contributed by atoms with E-state index in [1.54, 1.807) is 0 Å². The highest BCUT2D eigenvalue weighted by Crippen LogP contribution is 2.17. The highest BCUT2D eigenvalue weighted by atomic mass is 19.1. The summed E-state index contributed by atoms with van der Waals surface area (Å²) in [5.74, 6) is -0.129. The Morgan fingerprint density at radius 3 is 2.57 bits per heavy atom. The van der Waals surface area contributed by atoms with Crippen LogP contribution in [0.5, 0.6) is 0 Å². The van der Waals surface area contributed by atoms with E-state index < -0.39 is 5.82 Å². The summed E-state index contributed by atoms with van der Waals surface area (Å²) in [5, 5.41) is 2.58. The molecule has 0 heterocycles. The highest BCUT2D eigenvalue weighted by Gasteiger charge is 2.14. The molecule has 118 valence electrons. The van der Waals surface area contributed by atoms with Gasteiger partial charge in [-0.15, -0.1) is 0 Å². The summed E-state index contributed by atoms with van der Waals surface area (Å²) in [6.07, 6.45) is 0.332. The number of nitrogens with one attached hydrogen (secondary N) is 1. The number of hydrogen-bond donors (Lipinski definition) is 2. The zero-order chi connectivity index (χ0) is 16.0. The molecule has 1 amide bonds. The summed E-state index contributed by atoms with van der Waals surface area (Å²) in [7, 11) is 0. The maximum atomic E-state index is 13.5. The van der Waals surface area contributed by atoms with E-state index in [1.165, 1.54) is 18.2 Å². The molecule has 0 aliphatic heterocycles. The number of carbonyl (C=O) groups is 1. The number of nitrogens with two attached hydrogens (primary N) is 1. The molecular weight excluding hydrogens is 269 g/mol. The normalized spacial score (nSPS) is 11.4. The van der Waals surface area contributed by atoms with E-state index in [-0.39, 0.29) is 11.6 Å². The van der Waals surface area contributed by atoms with Crippen molar-refractivity contribution in [1.82, 2.24) is 4.90 Å². The molecule has 1 rings (SSSR count). The number of benzene rings is 1. The molecule has 0 radical (unpaired) electrons. The van der Waals surface area contributed by atoms with Crippen LogP contribution in [0.3, 0.4) is 0 Å². The second-order valence-corrected chi connectivity index (χ2v) is 6.02. The Hall–Kier alpha value is -1.62. The van der Waals surface area contributed by atoms with Gasteiger partial charge in [-0.2, -0.15) is 0 Å². The molecule has 4 nitrogen and oxygen atoms in total. The summed E-state index contributed by atoms with van der Waals surface area (Å²) >= 11 is 0. The van der Waals surface area contributed by atoms with Gasteiger partial charge in [-0.1, -0.05) is 13.8 Å². The van der Waals surface area contributed by atoms with Crippen molar-refractivity contribution >= 4 is 17.3 Å². The smallest absolute Gasteiger partial charge is 0.225 e. The zero-order valence-electron chi connectivity index (χ0n) is 13.3. The van der Waals surface area contributed by atoms with Crippen LogP contribution in [0.4, 0.5) is 15.8 Å². The predicted octanol–water partition coefficient (Wildman–Crippen LogP) is 3.10. The standard InChI is InChI=1S/C16H26FN3O/c1-11(2)10-20(12(3)4)8-7-16(21)19-15-9-13(18)5-6-14(15)17/h5-6,9,11-12H,7-8,10,18H2,1-4H3,(H,19,21). The van der Waals surface area contributed by atoms with E-state index in [4.69, 9.17) is 5.73 Å². The molecular formula is C16H26FN3O.